The molecular weight excluding hydrogens is 282 g/mol. The minimum Gasteiger partial charge on any atom is -0.338 e. The van der Waals surface area contributed by atoms with E-state index >= 15 is 0 Å². The molecule has 0 spiro atoms. The molecule has 0 saturated heterocycles. The summed E-state index contributed by atoms with van der Waals surface area (Å²) in [6.45, 7) is 5.23. The van der Waals surface area contributed by atoms with Gasteiger partial charge in [-0.05, 0) is 37.4 Å². The third kappa shape index (κ3) is 4.08. The lowest BCUT2D eigenvalue weighted by molar-refractivity contribution is 0.491. The van der Waals surface area contributed by atoms with Gasteiger partial charge in [-0.3, -0.25) is 0 Å². The lowest BCUT2D eigenvalue weighted by Gasteiger charge is -2.21. The van der Waals surface area contributed by atoms with Crippen LogP contribution in [0.15, 0.2) is 30.6 Å². The van der Waals surface area contributed by atoms with E-state index in [2.05, 4.69) is 46.9 Å². The predicted octanol–water partition coefficient (Wildman–Crippen LogP) is 4.06. The molecule has 0 aliphatic carbocycles. The quantitative estimate of drug-likeness (QED) is 0.836. The zero-order valence-electron chi connectivity index (χ0n) is 13.1. The first-order valence-electron chi connectivity index (χ1n) is 7.58. The van der Waals surface area contributed by atoms with Crippen LogP contribution >= 0.6 is 11.6 Å². The van der Waals surface area contributed by atoms with Crippen LogP contribution in [0.3, 0.4) is 0 Å². The standard InChI is InChI=1S/C17H24ClN3/c1-4-10-19-15(8-9-16-20-11-12-21(16)3)14-7-5-6-13(2)17(14)18/h5-7,11-12,15,19H,4,8-10H2,1-3H3. The number of benzene rings is 1. The van der Waals surface area contributed by atoms with Crippen molar-refractivity contribution < 1.29 is 0 Å². The molecule has 2 aromatic rings. The predicted molar refractivity (Wildman–Crippen MR) is 88.8 cm³/mol. The molecule has 0 fully saturated rings. The van der Waals surface area contributed by atoms with Gasteiger partial charge in [0.1, 0.15) is 5.82 Å². The van der Waals surface area contributed by atoms with Gasteiger partial charge in [-0.1, -0.05) is 36.7 Å². The highest BCUT2D eigenvalue weighted by Gasteiger charge is 2.16. The summed E-state index contributed by atoms with van der Waals surface area (Å²) < 4.78 is 2.08. The summed E-state index contributed by atoms with van der Waals surface area (Å²) in [5.74, 6) is 1.11. The molecule has 0 amide bonds. The molecule has 2 rings (SSSR count). The molecule has 1 atom stereocenters. The van der Waals surface area contributed by atoms with E-state index in [1.807, 2.05) is 19.4 Å². The molecule has 1 aromatic heterocycles. The molecule has 0 bridgehead atoms. The zero-order chi connectivity index (χ0) is 15.2. The first kappa shape index (κ1) is 16.1. The summed E-state index contributed by atoms with van der Waals surface area (Å²) in [5, 5.41) is 4.49. The molecule has 1 aromatic carbocycles. The molecule has 0 aliphatic rings. The van der Waals surface area contributed by atoms with Crippen molar-refractivity contribution in [3.05, 3.63) is 52.6 Å². The zero-order valence-corrected chi connectivity index (χ0v) is 13.8. The fourth-order valence-corrected chi connectivity index (χ4v) is 2.79. The van der Waals surface area contributed by atoms with Gasteiger partial charge in [-0.15, -0.1) is 0 Å². The molecule has 21 heavy (non-hydrogen) atoms. The van der Waals surface area contributed by atoms with Crippen LogP contribution in [0.25, 0.3) is 0 Å². The summed E-state index contributed by atoms with van der Waals surface area (Å²) in [4.78, 5) is 4.40. The van der Waals surface area contributed by atoms with E-state index in [4.69, 9.17) is 11.6 Å². The number of aromatic nitrogens is 2. The van der Waals surface area contributed by atoms with E-state index < -0.39 is 0 Å². The Kier molecular flexibility index (Phi) is 5.83. The molecule has 1 N–H and O–H groups in total. The average Bonchev–Trinajstić information content (AvgIpc) is 2.88. The normalized spacial score (nSPS) is 12.6. The highest BCUT2D eigenvalue weighted by molar-refractivity contribution is 6.32. The van der Waals surface area contributed by atoms with E-state index in [9.17, 15) is 0 Å². The molecule has 0 aliphatic heterocycles. The third-order valence-electron chi connectivity index (χ3n) is 3.82. The van der Waals surface area contributed by atoms with Gasteiger partial charge in [0, 0.05) is 36.9 Å². The molecule has 1 unspecified atom stereocenters. The van der Waals surface area contributed by atoms with Gasteiger partial charge in [0.25, 0.3) is 0 Å². The lowest BCUT2D eigenvalue weighted by Crippen LogP contribution is -2.23. The highest BCUT2D eigenvalue weighted by Crippen LogP contribution is 2.28. The maximum absolute atomic E-state index is 6.50. The molecule has 1 heterocycles. The van der Waals surface area contributed by atoms with Crippen LogP contribution in [-0.4, -0.2) is 16.1 Å². The molecule has 0 saturated carbocycles. The van der Waals surface area contributed by atoms with Crippen molar-refractivity contribution in [2.45, 2.75) is 39.2 Å². The number of halogens is 1. The number of nitrogens with one attached hydrogen (secondary N) is 1. The lowest BCUT2D eigenvalue weighted by atomic mass is 9.99. The topological polar surface area (TPSA) is 29.9 Å². The Hall–Kier alpha value is -1.32. The summed E-state index contributed by atoms with van der Waals surface area (Å²) >= 11 is 6.50. The van der Waals surface area contributed by atoms with Gasteiger partial charge in [-0.2, -0.15) is 0 Å². The van der Waals surface area contributed by atoms with Crippen molar-refractivity contribution in [1.29, 1.82) is 0 Å². The number of nitrogens with zero attached hydrogens (tertiary/aromatic N) is 2. The van der Waals surface area contributed by atoms with Crippen molar-refractivity contribution in [3.63, 3.8) is 0 Å². The van der Waals surface area contributed by atoms with Gasteiger partial charge in [-0.25, -0.2) is 4.98 Å². The van der Waals surface area contributed by atoms with E-state index in [1.54, 1.807) is 0 Å². The Bertz CT molecular complexity index is 577. The Balaban J connectivity index is 2.14. The van der Waals surface area contributed by atoms with E-state index in [0.717, 1.165) is 42.2 Å². The number of hydrogen-bond acceptors (Lipinski definition) is 2. The number of rotatable bonds is 7. The Morgan fingerprint density at radius 3 is 2.86 bits per heavy atom. The summed E-state index contributed by atoms with van der Waals surface area (Å²) in [6.07, 6.45) is 6.89. The van der Waals surface area contributed by atoms with Crippen LogP contribution in [0, 0.1) is 6.92 Å². The van der Waals surface area contributed by atoms with E-state index in [0.29, 0.717) is 0 Å². The van der Waals surface area contributed by atoms with Gasteiger partial charge < -0.3 is 9.88 Å². The SMILES string of the molecule is CCCNC(CCc1nccn1C)c1cccc(C)c1Cl. The highest BCUT2D eigenvalue weighted by atomic mass is 35.5. The van der Waals surface area contributed by atoms with Crippen molar-refractivity contribution in [1.82, 2.24) is 14.9 Å². The monoisotopic (exact) mass is 305 g/mol. The average molecular weight is 306 g/mol. The van der Waals surface area contributed by atoms with Crippen molar-refractivity contribution in [2.24, 2.45) is 7.05 Å². The third-order valence-corrected chi connectivity index (χ3v) is 4.33. The fraction of sp³-hybridized carbons (Fsp3) is 0.471. The minimum absolute atomic E-state index is 0.272. The van der Waals surface area contributed by atoms with Crippen LogP contribution in [-0.2, 0) is 13.5 Å². The van der Waals surface area contributed by atoms with Crippen LogP contribution in [0.4, 0.5) is 0 Å². The largest absolute Gasteiger partial charge is 0.338 e. The van der Waals surface area contributed by atoms with Gasteiger partial charge in [0.2, 0.25) is 0 Å². The molecule has 3 nitrogen and oxygen atoms in total. The van der Waals surface area contributed by atoms with Gasteiger partial charge >= 0.3 is 0 Å². The van der Waals surface area contributed by atoms with Crippen molar-refractivity contribution in [2.75, 3.05) is 6.54 Å². The van der Waals surface area contributed by atoms with Crippen LogP contribution < -0.4 is 5.32 Å². The second-order valence-corrected chi connectivity index (χ2v) is 5.86. The van der Waals surface area contributed by atoms with Crippen LogP contribution in [0.2, 0.25) is 5.02 Å². The number of imidazole rings is 1. The van der Waals surface area contributed by atoms with Crippen molar-refractivity contribution >= 4 is 11.6 Å². The Labute approximate surface area is 132 Å². The Morgan fingerprint density at radius 1 is 1.38 bits per heavy atom. The van der Waals surface area contributed by atoms with Crippen LogP contribution in [0.5, 0.6) is 0 Å². The Morgan fingerprint density at radius 2 is 2.19 bits per heavy atom. The van der Waals surface area contributed by atoms with Crippen molar-refractivity contribution in [3.8, 4) is 0 Å². The maximum atomic E-state index is 6.50. The first-order chi connectivity index (χ1) is 10.1. The van der Waals surface area contributed by atoms with Gasteiger partial charge in [0.05, 0.1) is 0 Å². The molecule has 114 valence electrons. The van der Waals surface area contributed by atoms with E-state index in [-0.39, 0.29) is 6.04 Å². The second kappa shape index (κ2) is 7.62. The molecule has 4 heteroatoms. The molecular formula is C17H24ClN3. The summed E-state index contributed by atoms with van der Waals surface area (Å²) in [5.41, 5.74) is 2.33. The number of hydrogen-bond donors (Lipinski definition) is 1. The summed E-state index contributed by atoms with van der Waals surface area (Å²) in [7, 11) is 2.04. The maximum Gasteiger partial charge on any atom is 0.108 e. The molecule has 0 radical (unpaired) electrons. The van der Waals surface area contributed by atoms with Crippen LogP contribution in [0.1, 0.15) is 42.8 Å². The van der Waals surface area contributed by atoms with E-state index in [1.165, 1.54) is 5.56 Å². The fourth-order valence-electron chi connectivity index (χ4n) is 2.54. The summed E-state index contributed by atoms with van der Waals surface area (Å²) in [6, 6.07) is 6.54. The van der Waals surface area contributed by atoms with Gasteiger partial charge in [0.15, 0.2) is 0 Å². The first-order valence-corrected chi connectivity index (χ1v) is 7.95. The smallest absolute Gasteiger partial charge is 0.108 e. The second-order valence-electron chi connectivity index (χ2n) is 5.48. The number of aryl methyl sites for hydroxylation is 3. The minimum atomic E-state index is 0.272.